The highest BCUT2D eigenvalue weighted by Gasteiger charge is 2.06. The number of aliphatic carboxylic acids is 1. The van der Waals surface area contributed by atoms with Gasteiger partial charge in [0.1, 0.15) is 13.2 Å². The lowest BCUT2D eigenvalue weighted by Gasteiger charge is -2.22. The summed E-state index contributed by atoms with van der Waals surface area (Å²) in [5.74, 6) is 3.93. The number of carbonyl (C=O) groups is 1. The molecule has 0 aliphatic heterocycles. The molecular weight excluding hydrogens is 634 g/mol. The Hall–Kier alpha value is -1.93. The number of nitrogens with zero attached hydrogens (tertiary/aromatic N) is 1. The fraction of sp³-hybridized carbons (Fsp3) is 0.848. The van der Waals surface area contributed by atoms with Gasteiger partial charge < -0.3 is 61.9 Å². The van der Waals surface area contributed by atoms with Crippen LogP contribution in [0.1, 0.15) is 6.42 Å². The minimum Gasteiger partial charge on any atom is -0.481 e. The fourth-order valence-electron chi connectivity index (χ4n) is 3.42. The first kappa shape index (κ1) is 46.1. The standard InChI is InChI=1S/C33H59NO14/c1-3-9-37-15-21-43-27-30-46-24-18-40-12-6-34(7-13-41-19-25-47-31-28-44-22-16-38-10-4-2)8-14-42-20-26-48-32-29-45-23-17-39-11-5-33(35)36/h1-2H,5-32H2,(H,35,36). The van der Waals surface area contributed by atoms with E-state index >= 15 is 0 Å². The Morgan fingerprint density at radius 3 is 0.875 bits per heavy atom. The van der Waals surface area contributed by atoms with Crippen LogP contribution < -0.4 is 0 Å². The Kier molecular flexibility index (Phi) is 39.6. The zero-order valence-electron chi connectivity index (χ0n) is 28.7. The SMILES string of the molecule is C#CCOCCOCCOCCOCCN(CCOCCOCCOCCOCC#C)CCOCCOCCOCCOCCC(=O)O. The molecule has 0 rings (SSSR count). The molecule has 0 aromatic carbocycles. The third kappa shape index (κ3) is 40.2. The maximum absolute atomic E-state index is 10.4. The van der Waals surface area contributed by atoms with E-state index in [0.29, 0.717) is 139 Å². The van der Waals surface area contributed by atoms with Gasteiger partial charge >= 0.3 is 5.97 Å². The number of hydrogen-bond donors (Lipinski definition) is 1. The molecule has 0 aliphatic rings. The Bertz CT molecular complexity index is 709. The van der Waals surface area contributed by atoms with Gasteiger partial charge in [-0.25, -0.2) is 0 Å². The smallest absolute Gasteiger partial charge is 0.305 e. The maximum atomic E-state index is 10.4. The molecular formula is C33H59NO14. The van der Waals surface area contributed by atoms with Gasteiger partial charge in [-0.3, -0.25) is 9.69 Å². The summed E-state index contributed by atoms with van der Waals surface area (Å²) in [4.78, 5) is 12.6. The van der Waals surface area contributed by atoms with Crippen LogP contribution in [-0.4, -0.2) is 194 Å². The van der Waals surface area contributed by atoms with Gasteiger partial charge in [-0.15, -0.1) is 12.8 Å². The molecule has 0 unspecified atom stereocenters. The summed E-state index contributed by atoms with van der Waals surface area (Å²) in [6.45, 7) is 12.9. The summed E-state index contributed by atoms with van der Waals surface area (Å²) in [6, 6.07) is 0. The van der Waals surface area contributed by atoms with Crippen LogP contribution in [-0.2, 0) is 61.6 Å². The summed E-state index contributed by atoms with van der Waals surface area (Å²) >= 11 is 0. The molecule has 0 radical (unpaired) electrons. The molecule has 0 bridgehead atoms. The molecule has 15 nitrogen and oxygen atoms in total. The van der Waals surface area contributed by atoms with Gasteiger partial charge in [-0.1, -0.05) is 11.8 Å². The number of hydrogen-bond acceptors (Lipinski definition) is 14. The van der Waals surface area contributed by atoms with Crippen molar-refractivity contribution < 1.29 is 66.7 Å². The topological polar surface area (TPSA) is 151 Å². The van der Waals surface area contributed by atoms with Gasteiger partial charge in [0.05, 0.1) is 152 Å². The molecule has 0 saturated carbocycles. The van der Waals surface area contributed by atoms with Crippen LogP contribution in [0.25, 0.3) is 0 Å². The van der Waals surface area contributed by atoms with E-state index in [1.54, 1.807) is 0 Å². The van der Waals surface area contributed by atoms with Crippen LogP contribution in [0.15, 0.2) is 0 Å². The first-order chi connectivity index (χ1) is 23.7. The van der Waals surface area contributed by atoms with E-state index in [1.807, 2.05) is 0 Å². The van der Waals surface area contributed by atoms with E-state index in [-0.39, 0.29) is 26.2 Å². The monoisotopic (exact) mass is 693 g/mol. The molecule has 0 aliphatic carbocycles. The Balaban J connectivity index is 3.94. The minimum absolute atomic E-state index is 0.0131. The van der Waals surface area contributed by atoms with Crippen molar-refractivity contribution in [3.8, 4) is 24.7 Å². The van der Waals surface area contributed by atoms with Crippen molar-refractivity contribution in [2.75, 3.05) is 178 Å². The van der Waals surface area contributed by atoms with E-state index in [4.69, 9.17) is 74.8 Å². The molecule has 0 aromatic rings. The van der Waals surface area contributed by atoms with Crippen molar-refractivity contribution in [3.63, 3.8) is 0 Å². The lowest BCUT2D eigenvalue weighted by atomic mass is 10.4. The van der Waals surface area contributed by atoms with E-state index < -0.39 is 5.97 Å². The Morgan fingerprint density at radius 2 is 0.625 bits per heavy atom. The molecule has 0 saturated heterocycles. The summed E-state index contributed by atoms with van der Waals surface area (Å²) in [7, 11) is 0. The largest absolute Gasteiger partial charge is 0.481 e. The summed E-state index contributed by atoms with van der Waals surface area (Å²) in [5.41, 5.74) is 0. The van der Waals surface area contributed by atoms with E-state index in [9.17, 15) is 4.79 Å². The van der Waals surface area contributed by atoms with Crippen LogP contribution >= 0.6 is 0 Å². The van der Waals surface area contributed by atoms with Crippen LogP contribution in [0.2, 0.25) is 0 Å². The second kappa shape index (κ2) is 41.2. The third-order valence-corrected chi connectivity index (χ3v) is 5.83. The van der Waals surface area contributed by atoms with Gasteiger partial charge in [-0.2, -0.15) is 0 Å². The highest BCUT2D eigenvalue weighted by atomic mass is 16.6. The second-order valence-electron chi connectivity index (χ2n) is 9.62. The van der Waals surface area contributed by atoms with E-state index in [0.717, 1.165) is 19.6 Å². The Labute approximate surface area is 286 Å². The van der Waals surface area contributed by atoms with Crippen LogP contribution in [0, 0.1) is 24.7 Å². The summed E-state index contributed by atoms with van der Waals surface area (Å²) in [6.07, 6.45) is 10.2. The van der Waals surface area contributed by atoms with Crippen LogP contribution in [0.4, 0.5) is 0 Å². The minimum atomic E-state index is -0.881. The van der Waals surface area contributed by atoms with E-state index in [2.05, 4.69) is 16.7 Å². The van der Waals surface area contributed by atoms with Gasteiger partial charge in [0.25, 0.3) is 0 Å². The van der Waals surface area contributed by atoms with Crippen LogP contribution in [0.3, 0.4) is 0 Å². The van der Waals surface area contributed by atoms with Crippen molar-refractivity contribution >= 4 is 5.97 Å². The fourth-order valence-corrected chi connectivity index (χ4v) is 3.42. The molecule has 0 amide bonds. The molecule has 0 spiro atoms. The summed E-state index contributed by atoms with van der Waals surface area (Å²) in [5, 5.41) is 8.55. The Morgan fingerprint density at radius 1 is 0.396 bits per heavy atom. The number of rotatable bonds is 41. The molecule has 0 fully saturated rings. The van der Waals surface area contributed by atoms with Crippen molar-refractivity contribution in [2.24, 2.45) is 0 Å². The predicted octanol–water partition coefficient (Wildman–Crippen LogP) is 0.229. The lowest BCUT2D eigenvalue weighted by molar-refractivity contribution is -0.138. The molecule has 0 atom stereocenters. The van der Waals surface area contributed by atoms with Gasteiger partial charge in [0.15, 0.2) is 0 Å². The van der Waals surface area contributed by atoms with Crippen LogP contribution in [0.5, 0.6) is 0 Å². The number of carboxylic acids is 1. The number of ether oxygens (including phenoxy) is 12. The average Bonchev–Trinajstić information content (AvgIpc) is 3.08. The second-order valence-corrected chi connectivity index (χ2v) is 9.62. The average molecular weight is 694 g/mol. The van der Waals surface area contributed by atoms with Gasteiger partial charge in [0, 0.05) is 19.6 Å². The summed E-state index contributed by atoms with van der Waals surface area (Å²) < 4.78 is 65.4. The number of carboxylic acid groups (broad SMARTS) is 1. The maximum Gasteiger partial charge on any atom is 0.305 e. The molecule has 1 N–H and O–H groups in total. The third-order valence-electron chi connectivity index (χ3n) is 5.83. The zero-order valence-corrected chi connectivity index (χ0v) is 28.7. The van der Waals surface area contributed by atoms with Crippen molar-refractivity contribution in [3.05, 3.63) is 0 Å². The molecule has 280 valence electrons. The first-order valence-corrected chi connectivity index (χ1v) is 16.4. The highest BCUT2D eigenvalue weighted by Crippen LogP contribution is 1.93. The number of terminal acetylenes is 2. The quantitative estimate of drug-likeness (QED) is 0.0687. The first-order valence-electron chi connectivity index (χ1n) is 16.4. The van der Waals surface area contributed by atoms with Crippen molar-refractivity contribution in [1.29, 1.82) is 0 Å². The van der Waals surface area contributed by atoms with Gasteiger partial charge in [-0.05, 0) is 0 Å². The molecule has 48 heavy (non-hydrogen) atoms. The highest BCUT2D eigenvalue weighted by molar-refractivity contribution is 5.66. The lowest BCUT2D eigenvalue weighted by Crippen LogP contribution is -2.34. The molecule has 0 aromatic heterocycles. The molecule has 15 heteroatoms. The predicted molar refractivity (Wildman–Crippen MR) is 176 cm³/mol. The zero-order chi connectivity index (χ0) is 34.9. The molecule has 0 heterocycles. The normalized spacial score (nSPS) is 11.2. The van der Waals surface area contributed by atoms with Crippen molar-refractivity contribution in [1.82, 2.24) is 4.90 Å². The van der Waals surface area contributed by atoms with Crippen molar-refractivity contribution in [2.45, 2.75) is 6.42 Å². The van der Waals surface area contributed by atoms with Gasteiger partial charge in [0.2, 0.25) is 0 Å². The van der Waals surface area contributed by atoms with E-state index in [1.165, 1.54) is 0 Å².